The largest absolute Gasteiger partial charge is 0.294 e. The summed E-state index contributed by atoms with van der Waals surface area (Å²) in [7, 11) is 2.11. The molecule has 0 atom stereocenters. The minimum absolute atomic E-state index is 1.26. The lowest BCUT2D eigenvalue weighted by Crippen LogP contribution is -2.26. The van der Waals surface area contributed by atoms with Gasteiger partial charge in [-0.05, 0) is 31.0 Å². The number of hydrogen-bond acceptors (Lipinski definition) is 0. The fourth-order valence-corrected chi connectivity index (χ4v) is 3.35. The molecule has 4 aromatic rings. The molecule has 2 heteroatoms. The summed E-state index contributed by atoms with van der Waals surface area (Å²) in [4.78, 5) is 0. The van der Waals surface area contributed by atoms with Crippen LogP contribution in [0.25, 0.3) is 27.3 Å². The van der Waals surface area contributed by atoms with Crippen molar-refractivity contribution in [3.63, 3.8) is 0 Å². The minimum Gasteiger partial charge on any atom is -0.232 e. The van der Waals surface area contributed by atoms with Gasteiger partial charge in [0.1, 0.15) is 17.9 Å². The van der Waals surface area contributed by atoms with Gasteiger partial charge in [0, 0.05) is 10.8 Å². The van der Waals surface area contributed by atoms with Crippen LogP contribution in [-0.2, 0) is 7.05 Å². The summed E-state index contributed by atoms with van der Waals surface area (Å²) in [6, 6.07) is 13.1. The SMILES string of the molecule is Cc1cccc2c1c1cccc(C)c1c1n2cc[n+]1C. The van der Waals surface area contributed by atoms with Gasteiger partial charge in [-0.1, -0.05) is 30.3 Å². The molecule has 0 bridgehead atoms. The number of aromatic nitrogens is 2. The highest BCUT2D eigenvalue weighted by Crippen LogP contribution is 2.32. The quantitative estimate of drug-likeness (QED) is 0.337. The van der Waals surface area contributed by atoms with Gasteiger partial charge in [0.25, 0.3) is 5.65 Å². The Kier molecular flexibility index (Phi) is 2.19. The molecule has 2 aromatic heterocycles. The molecule has 0 radical (unpaired) electrons. The average molecular weight is 261 g/mol. The molecule has 0 saturated heterocycles. The molecule has 0 aliphatic heterocycles. The second-order valence-corrected chi connectivity index (χ2v) is 5.57. The maximum absolute atomic E-state index is 2.30. The lowest BCUT2D eigenvalue weighted by molar-refractivity contribution is -0.643. The van der Waals surface area contributed by atoms with Gasteiger partial charge in [0.15, 0.2) is 0 Å². The molecule has 0 N–H and O–H groups in total. The fourth-order valence-electron chi connectivity index (χ4n) is 3.35. The Morgan fingerprint density at radius 1 is 0.900 bits per heavy atom. The molecule has 2 nitrogen and oxygen atoms in total. The highest BCUT2D eigenvalue weighted by atomic mass is 15.1. The van der Waals surface area contributed by atoms with Crippen LogP contribution in [0.4, 0.5) is 0 Å². The van der Waals surface area contributed by atoms with Gasteiger partial charge in [0.2, 0.25) is 0 Å². The number of hydrogen-bond donors (Lipinski definition) is 0. The van der Waals surface area contributed by atoms with Gasteiger partial charge in [-0.2, -0.15) is 4.40 Å². The topological polar surface area (TPSA) is 8.29 Å². The Bertz CT molecular complexity index is 977. The third-order valence-corrected chi connectivity index (χ3v) is 4.28. The summed E-state index contributed by atoms with van der Waals surface area (Å²) < 4.78 is 4.51. The fraction of sp³-hybridized carbons (Fsp3) is 0.167. The summed E-state index contributed by atoms with van der Waals surface area (Å²) in [5.41, 5.74) is 5.19. The van der Waals surface area contributed by atoms with E-state index in [-0.39, 0.29) is 0 Å². The predicted octanol–water partition coefficient (Wildman–Crippen LogP) is 3.69. The Morgan fingerprint density at radius 3 is 2.40 bits per heavy atom. The van der Waals surface area contributed by atoms with Crippen molar-refractivity contribution in [2.45, 2.75) is 13.8 Å². The second-order valence-electron chi connectivity index (χ2n) is 5.57. The van der Waals surface area contributed by atoms with E-state index in [4.69, 9.17) is 0 Å². The van der Waals surface area contributed by atoms with Crippen molar-refractivity contribution in [3.8, 4) is 0 Å². The third kappa shape index (κ3) is 1.31. The van der Waals surface area contributed by atoms with Crippen molar-refractivity contribution in [1.82, 2.24) is 4.40 Å². The maximum Gasteiger partial charge on any atom is 0.294 e. The predicted molar refractivity (Wildman–Crippen MR) is 83.1 cm³/mol. The van der Waals surface area contributed by atoms with E-state index in [1.54, 1.807) is 0 Å². The molecule has 20 heavy (non-hydrogen) atoms. The normalized spacial score (nSPS) is 11.8. The lowest BCUT2D eigenvalue weighted by Gasteiger charge is -2.08. The molecule has 0 unspecified atom stereocenters. The van der Waals surface area contributed by atoms with Gasteiger partial charge >= 0.3 is 0 Å². The highest BCUT2D eigenvalue weighted by molar-refractivity contribution is 6.13. The summed E-state index contributed by atoms with van der Waals surface area (Å²) in [6.45, 7) is 4.39. The molecule has 98 valence electrons. The molecular weight excluding hydrogens is 244 g/mol. The van der Waals surface area contributed by atoms with E-state index in [1.165, 1.54) is 38.4 Å². The molecule has 2 aromatic carbocycles. The van der Waals surface area contributed by atoms with Gasteiger partial charge in [-0.25, -0.2) is 4.57 Å². The maximum atomic E-state index is 2.30. The smallest absolute Gasteiger partial charge is 0.232 e. The Hall–Kier alpha value is -2.35. The average Bonchev–Trinajstić information content (AvgIpc) is 2.81. The van der Waals surface area contributed by atoms with E-state index in [2.05, 4.69) is 78.7 Å². The number of nitrogens with zero attached hydrogens (tertiary/aromatic N) is 2. The monoisotopic (exact) mass is 261 g/mol. The van der Waals surface area contributed by atoms with Crippen molar-refractivity contribution in [3.05, 3.63) is 59.9 Å². The van der Waals surface area contributed by atoms with Crippen LogP contribution in [0.15, 0.2) is 48.8 Å². The van der Waals surface area contributed by atoms with Crippen molar-refractivity contribution < 1.29 is 4.57 Å². The van der Waals surface area contributed by atoms with Crippen molar-refractivity contribution in [1.29, 1.82) is 0 Å². The van der Waals surface area contributed by atoms with E-state index in [0.29, 0.717) is 0 Å². The molecule has 0 saturated carbocycles. The molecule has 0 aliphatic rings. The van der Waals surface area contributed by atoms with E-state index >= 15 is 0 Å². The van der Waals surface area contributed by atoms with Gasteiger partial charge in [-0.15, -0.1) is 0 Å². The van der Waals surface area contributed by atoms with Crippen LogP contribution in [0, 0.1) is 13.8 Å². The summed E-state index contributed by atoms with van der Waals surface area (Å²) in [6.07, 6.45) is 4.28. The van der Waals surface area contributed by atoms with Gasteiger partial charge in [-0.3, -0.25) is 0 Å². The number of pyridine rings is 1. The van der Waals surface area contributed by atoms with E-state index in [9.17, 15) is 0 Å². The van der Waals surface area contributed by atoms with Crippen LogP contribution >= 0.6 is 0 Å². The van der Waals surface area contributed by atoms with Crippen LogP contribution in [-0.4, -0.2) is 4.40 Å². The zero-order chi connectivity index (χ0) is 13.9. The summed E-state index contributed by atoms with van der Waals surface area (Å²) in [5.74, 6) is 0. The molecule has 2 heterocycles. The van der Waals surface area contributed by atoms with Crippen molar-refractivity contribution >= 4 is 27.3 Å². The first-order valence-corrected chi connectivity index (χ1v) is 6.96. The first-order valence-electron chi connectivity index (χ1n) is 6.96. The van der Waals surface area contributed by atoms with Gasteiger partial charge in [0.05, 0.1) is 12.4 Å². The number of benzene rings is 2. The summed E-state index contributed by atoms with van der Waals surface area (Å²) >= 11 is 0. The molecular formula is C18H17N2+. The van der Waals surface area contributed by atoms with Gasteiger partial charge < -0.3 is 0 Å². The zero-order valence-corrected chi connectivity index (χ0v) is 12.0. The standard InChI is InChI=1S/C18H17N2/c1-12-7-5-9-15-16(12)14-8-4-6-13(2)17(14)18-19(3)10-11-20(15)18/h4-11H,1-3H3/q+1. The number of fused-ring (bicyclic) bond motifs is 6. The van der Waals surface area contributed by atoms with Crippen LogP contribution in [0.1, 0.15) is 11.1 Å². The summed E-state index contributed by atoms with van der Waals surface area (Å²) in [5, 5.41) is 4.05. The molecule has 0 amide bonds. The zero-order valence-electron chi connectivity index (χ0n) is 12.0. The Morgan fingerprint density at radius 2 is 1.60 bits per heavy atom. The van der Waals surface area contributed by atoms with Crippen LogP contribution < -0.4 is 4.57 Å². The highest BCUT2D eigenvalue weighted by Gasteiger charge is 2.19. The van der Waals surface area contributed by atoms with Crippen LogP contribution in [0.2, 0.25) is 0 Å². The minimum atomic E-state index is 1.26. The van der Waals surface area contributed by atoms with Crippen LogP contribution in [0.3, 0.4) is 0 Å². The first kappa shape index (κ1) is 11.5. The Balaban J connectivity index is 2.50. The van der Waals surface area contributed by atoms with E-state index in [1.807, 2.05) is 0 Å². The van der Waals surface area contributed by atoms with Crippen LogP contribution in [0.5, 0.6) is 0 Å². The molecule has 4 rings (SSSR count). The van der Waals surface area contributed by atoms with Crippen molar-refractivity contribution in [2.75, 3.05) is 0 Å². The third-order valence-electron chi connectivity index (χ3n) is 4.28. The van der Waals surface area contributed by atoms with E-state index < -0.39 is 0 Å². The molecule has 0 aliphatic carbocycles. The Labute approximate surface area is 117 Å². The molecule has 0 fully saturated rings. The van der Waals surface area contributed by atoms with E-state index in [0.717, 1.165) is 0 Å². The first-order chi connectivity index (χ1) is 9.68. The second kappa shape index (κ2) is 3.83. The van der Waals surface area contributed by atoms with Crippen molar-refractivity contribution in [2.24, 2.45) is 7.05 Å². The number of rotatable bonds is 0. The number of aryl methyl sites for hydroxylation is 3. The number of imidazole rings is 1. The molecule has 0 spiro atoms. The lowest BCUT2D eigenvalue weighted by atomic mass is 9.99.